The monoisotopic (exact) mass is 466 g/mol. The second-order valence-corrected chi connectivity index (χ2v) is 7.44. The van der Waals surface area contributed by atoms with E-state index in [0.29, 0.717) is 39.8 Å². The number of hydrogen-bond acceptors (Lipinski definition) is 5. The molecule has 0 saturated carbocycles. The van der Waals surface area contributed by atoms with Gasteiger partial charge >= 0.3 is 5.91 Å². The van der Waals surface area contributed by atoms with Gasteiger partial charge in [0, 0.05) is 5.39 Å². The third kappa shape index (κ3) is 5.51. The van der Waals surface area contributed by atoms with E-state index in [2.05, 4.69) is 10.5 Å². The number of rotatable bonds is 8. The van der Waals surface area contributed by atoms with Gasteiger partial charge in [-0.05, 0) is 54.4 Å². The predicted molar refractivity (Wildman–Crippen MR) is 125 cm³/mol. The van der Waals surface area contributed by atoms with Crippen molar-refractivity contribution in [1.29, 1.82) is 0 Å². The first kappa shape index (κ1) is 22.4. The largest absolute Gasteiger partial charge is 0.490 e. The highest BCUT2D eigenvalue weighted by molar-refractivity contribution is 6.32. The van der Waals surface area contributed by atoms with Crippen LogP contribution >= 0.6 is 11.6 Å². The third-order valence-corrected chi connectivity index (χ3v) is 4.91. The van der Waals surface area contributed by atoms with Gasteiger partial charge in [-0.15, -0.1) is 0 Å². The highest BCUT2D eigenvalue weighted by atomic mass is 35.5. The summed E-state index contributed by atoms with van der Waals surface area (Å²) in [7, 11) is 0. The molecular weight excluding hydrogens is 447 g/mol. The lowest BCUT2D eigenvalue weighted by Gasteiger charge is -2.14. The lowest BCUT2D eigenvalue weighted by molar-refractivity contribution is 0.0929. The van der Waals surface area contributed by atoms with Crippen LogP contribution in [0.15, 0.2) is 76.2 Å². The van der Waals surface area contributed by atoms with E-state index in [9.17, 15) is 9.18 Å². The second-order valence-electron chi connectivity index (χ2n) is 7.03. The zero-order valence-electron chi connectivity index (χ0n) is 17.7. The molecule has 168 valence electrons. The number of ether oxygens (including phenoxy) is 2. The molecule has 0 atom stereocenters. The van der Waals surface area contributed by atoms with Crippen LogP contribution in [0.3, 0.4) is 0 Å². The Kier molecular flexibility index (Phi) is 6.90. The Bertz CT molecular complexity index is 1290. The zero-order chi connectivity index (χ0) is 23.2. The maximum atomic E-state index is 13.4. The second kappa shape index (κ2) is 10.2. The molecule has 6 nitrogen and oxygen atoms in total. The van der Waals surface area contributed by atoms with E-state index in [0.717, 1.165) is 5.39 Å². The highest BCUT2D eigenvalue weighted by Gasteiger charge is 2.14. The van der Waals surface area contributed by atoms with Gasteiger partial charge in [0.1, 0.15) is 18.0 Å². The van der Waals surface area contributed by atoms with Crippen molar-refractivity contribution < 1.29 is 23.1 Å². The van der Waals surface area contributed by atoms with E-state index in [-0.39, 0.29) is 18.2 Å². The number of halogens is 2. The van der Waals surface area contributed by atoms with Gasteiger partial charge in [-0.2, -0.15) is 5.10 Å². The number of hydrogen-bond donors (Lipinski definition) is 1. The number of hydrazone groups is 1. The molecule has 1 heterocycles. The van der Waals surface area contributed by atoms with Gasteiger partial charge in [-0.1, -0.05) is 41.9 Å². The van der Waals surface area contributed by atoms with Crippen LogP contribution in [0.1, 0.15) is 28.6 Å². The average molecular weight is 467 g/mol. The molecule has 0 saturated heterocycles. The molecule has 4 aromatic rings. The summed E-state index contributed by atoms with van der Waals surface area (Å²) in [6, 6.07) is 18.4. The minimum atomic E-state index is -0.478. The van der Waals surface area contributed by atoms with Gasteiger partial charge in [0.25, 0.3) is 0 Å². The molecule has 1 aromatic heterocycles. The van der Waals surface area contributed by atoms with Gasteiger partial charge in [0.05, 0.1) is 17.8 Å². The molecule has 4 rings (SSSR count). The molecule has 0 radical (unpaired) electrons. The molecule has 0 spiro atoms. The predicted octanol–water partition coefficient (Wildman–Crippen LogP) is 5.97. The van der Waals surface area contributed by atoms with Crippen molar-refractivity contribution >= 4 is 34.7 Å². The summed E-state index contributed by atoms with van der Waals surface area (Å²) in [5.74, 6) is 0.0808. The van der Waals surface area contributed by atoms with E-state index in [1.165, 1.54) is 18.3 Å². The van der Waals surface area contributed by atoms with Crippen molar-refractivity contribution in [2.45, 2.75) is 13.5 Å². The molecule has 3 aromatic carbocycles. The van der Waals surface area contributed by atoms with Crippen molar-refractivity contribution in [3.05, 3.63) is 94.5 Å². The number of furan rings is 1. The molecule has 0 aliphatic carbocycles. The fraction of sp³-hybridized carbons (Fsp3) is 0.120. The number of carbonyl (C=O) groups is 1. The highest BCUT2D eigenvalue weighted by Crippen LogP contribution is 2.37. The van der Waals surface area contributed by atoms with Gasteiger partial charge in [0.15, 0.2) is 17.3 Å². The Morgan fingerprint density at radius 1 is 1.12 bits per heavy atom. The number of para-hydroxylation sites is 1. The van der Waals surface area contributed by atoms with Crippen LogP contribution in [0.5, 0.6) is 11.5 Å². The van der Waals surface area contributed by atoms with Crippen molar-refractivity contribution in [2.75, 3.05) is 6.61 Å². The molecule has 0 bridgehead atoms. The maximum Gasteiger partial charge on any atom is 0.307 e. The van der Waals surface area contributed by atoms with Crippen LogP contribution in [-0.2, 0) is 6.61 Å². The van der Waals surface area contributed by atoms with Crippen LogP contribution in [0, 0.1) is 5.82 Å². The number of nitrogens with one attached hydrogen (secondary N) is 1. The summed E-state index contributed by atoms with van der Waals surface area (Å²) >= 11 is 6.41. The normalized spacial score (nSPS) is 11.1. The van der Waals surface area contributed by atoms with Crippen LogP contribution in [0.25, 0.3) is 11.0 Å². The van der Waals surface area contributed by atoms with Crippen LogP contribution in [-0.4, -0.2) is 18.7 Å². The summed E-state index contributed by atoms with van der Waals surface area (Å²) < 4.78 is 30.4. The van der Waals surface area contributed by atoms with Gasteiger partial charge < -0.3 is 13.9 Å². The first-order valence-electron chi connectivity index (χ1n) is 10.2. The average Bonchev–Trinajstić information content (AvgIpc) is 3.23. The van der Waals surface area contributed by atoms with E-state index in [1.54, 1.807) is 36.4 Å². The number of benzene rings is 3. The lowest BCUT2D eigenvalue weighted by atomic mass is 10.2. The fourth-order valence-electron chi connectivity index (χ4n) is 3.16. The van der Waals surface area contributed by atoms with E-state index >= 15 is 0 Å². The molecule has 0 fully saturated rings. The molecule has 8 heteroatoms. The molecular formula is C25H20ClFN2O4. The Hall–Kier alpha value is -3.84. The number of nitrogens with zero attached hydrogens (tertiary/aromatic N) is 1. The zero-order valence-corrected chi connectivity index (χ0v) is 18.4. The van der Waals surface area contributed by atoms with Crippen molar-refractivity contribution in [3.8, 4) is 11.5 Å². The SMILES string of the molecule is CCOc1cc(/C=N/NC(=O)c2cc3ccccc3o2)cc(Cl)c1OCc1cccc(F)c1. The Balaban J connectivity index is 1.46. The molecule has 0 unspecified atom stereocenters. The van der Waals surface area contributed by atoms with Crippen LogP contribution < -0.4 is 14.9 Å². The summed E-state index contributed by atoms with van der Waals surface area (Å²) in [5, 5.41) is 5.10. The number of carbonyl (C=O) groups excluding carboxylic acids is 1. The molecule has 33 heavy (non-hydrogen) atoms. The van der Waals surface area contributed by atoms with E-state index < -0.39 is 5.91 Å². The van der Waals surface area contributed by atoms with Crippen molar-refractivity contribution in [3.63, 3.8) is 0 Å². The molecule has 1 amide bonds. The standard InChI is InChI=1S/C25H20ClFN2O4/c1-2-31-22-12-17(11-20(26)24(22)32-15-16-6-5-8-19(27)10-16)14-28-29-25(30)23-13-18-7-3-4-9-21(18)33-23/h3-14H,2,15H2,1H3,(H,29,30)/b28-14+. The minimum absolute atomic E-state index is 0.124. The maximum absolute atomic E-state index is 13.4. The molecule has 0 aliphatic rings. The van der Waals surface area contributed by atoms with Crippen LogP contribution in [0.4, 0.5) is 4.39 Å². The van der Waals surface area contributed by atoms with Gasteiger partial charge in [-0.3, -0.25) is 4.79 Å². The van der Waals surface area contributed by atoms with E-state index in [1.807, 2.05) is 25.1 Å². The topological polar surface area (TPSA) is 73.1 Å². The summed E-state index contributed by atoms with van der Waals surface area (Å²) in [5.41, 5.74) is 4.30. The van der Waals surface area contributed by atoms with E-state index in [4.69, 9.17) is 25.5 Å². The summed E-state index contributed by atoms with van der Waals surface area (Å²) in [4.78, 5) is 12.3. The van der Waals surface area contributed by atoms with Crippen LogP contribution in [0.2, 0.25) is 5.02 Å². The first-order valence-corrected chi connectivity index (χ1v) is 10.6. The fourth-order valence-corrected chi connectivity index (χ4v) is 3.44. The molecule has 0 aliphatic heterocycles. The molecule has 1 N–H and O–H groups in total. The van der Waals surface area contributed by atoms with Crippen molar-refractivity contribution in [2.24, 2.45) is 5.10 Å². The minimum Gasteiger partial charge on any atom is -0.490 e. The summed E-state index contributed by atoms with van der Waals surface area (Å²) in [6.07, 6.45) is 1.44. The number of amides is 1. The first-order chi connectivity index (χ1) is 16.0. The van der Waals surface area contributed by atoms with Gasteiger partial charge in [0.2, 0.25) is 0 Å². The Morgan fingerprint density at radius 3 is 2.76 bits per heavy atom. The Labute approximate surface area is 194 Å². The Morgan fingerprint density at radius 2 is 1.97 bits per heavy atom. The quantitative estimate of drug-likeness (QED) is 0.256. The number of fused-ring (bicyclic) bond motifs is 1. The summed E-state index contributed by atoms with van der Waals surface area (Å²) in [6.45, 7) is 2.34. The van der Waals surface area contributed by atoms with Crippen molar-refractivity contribution in [1.82, 2.24) is 5.43 Å². The van der Waals surface area contributed by atoms with Gasteiger partial charge in [-0.25, -0.2) is 9.82 Å². The smallest absolute Gasteiger partial charge is 0.307 e. The lowest BCUT2D eigenvalue weighted by Crippen LogP contribution is -2.16. The third-order valence-electron chi connectivity index (χ3n) is 4.63.